The number of benzene rings is 1. The summed E-state index contributed by atoms with van der Waals surface area (Å²) in [6.07, 6.45) is 1.62. The first-order valence-corrected chi connectivity index (χ1v) is 9.74. The molecule has 0 fully saturated rings. The highest BCUT2D eigenvalue weighted by molar-refractivity contribution is 7.99. The van der Waals surface area contributed by atoms with E-state index in [1.165, 1.54) is 16.7 Å². The normalized spacial score (nSPS) is 10.5. The largest absolute Gasteiger partial charge is 0.336 e. The highest BCUT2D eigenvalue weighted by atomic mass is 35.5. The molecule has 2 amide bonds. The predicted octanol–water partition coefficient (Wildman–Crippen LogP) is 4.03. The number of amides is 2. The molecule has 0 aliphatic rings. The lowest BCUT2D eigenvalue weighted by Crippen LogP contribution is -2.36. The van der Waals surface area contributed by atoms with Gasteiger partial charge in [-0.05, 0) is 42.3 Å². The summed E-state index contributed by atoms with van der Waals surface area (Å²) in [6, 6.07) is 8.90. The summed E-state index contributed by atoms with van der Waals surface area (Å²) in [6.45, 7) is 1.88. The first kappa shape index (κ1) is 20.6. The third-order valence-electron chi connectivity index (χ3n) is 3.49. The second kappa shape index (κ2) is 9.80. The average molecular weight is 412 g/mol. The number of carbonyl (C=O) groups excluding carboxylic acids is 2. The number of anilines is 1. The van der Waals surface area contributed by atoms with Gasteiger partial charge in [0.05, 0.1) is 12.3 Å². The SMILES string of the molecule is Cc1ccnc(NC(=O)CN(C)C(=O)CSCc2ccc(Cl)cc2Cl)c1. The molecule has 2 rings (SSSR count). The van der Waals surface area contributed by atoms with Gasteiger partial charge in [0.1, 0.15) is 5.82 Å². The number of thioether (sulfide) groups is 1. The Morgan fingerprint density at radius 1 is 1.23 bits per heavy atom. The van der Waals surface area contributed by atoms with Crippen molar-refractivity contribution < 1.29 is 9.59 Å². The Morgan fingerprint density at radius 2 is 2.00 bits per heavy atom. The lowest BCUT2D eigenvalue weighted by Gasteiger charge is -2.16. The van der Waals surface area contributed by atoms with Crippen LogP contribution in [-0.2, 0) is 15.3 Å². The van der Waals surface area contributed by atoms with Gasteiger partial charge in [-0.1, -0.05) is 29.3 Å². The first-order valence-electron chi connectivity index (χ1n) is 7.83. The van der Waals surface area contributed by atoms with Crippen LogP contribution in [-0.4, -0.2) is 41.0 Å². The van der Waals surface area contributed by atoms with Gasteiger partial charge in [0, 0.05) is 29.0 Å². The highest BCUT2D eigenvalue weighted by Gasteiger charge is 2.14. The van der Waals surface area contributed by atoms with Gasteiger partial charge >= 0.3 is 0 Å². The number of halogens is 2. The fraction of sp³-hybridized carbons (Fsp3) is 0.278. The molecule has 0 spiro atoms. The molecule has 0 aliphatic heterocycles. The second-order valence-electron chi connectivity index (χ2n) is 5.74. The molecule has 26 heavy (non-hydrogen) atoms. The summed E-state index contributed by atoms with van der Waals surface area (Å²) in [5, 5.41) is 3.84. The van der Waals surface area contributed by atoms with E-state index in [1.54, 1.807) is 31.4 Å². The van der Waals surface area contributed by atoms with Crippen molar-refractivity contribution in [1.29, 1.82) is 0 Å². The van der Waals surface area contributed by atoms with Crippen molar-refractivity contribution >= 4 is 52.6 Å². The molecule has 0 bridgehead atoms. The maximum absolute atomic E-state index is 12.2. The molecular weight excluding hydrogens is 393 g/mol. The van der Waals surface area contributed by atoms with Gasteiger partial charge in [-0.2, -0.15) is 0 Å². The van der Waals surface area contributed by atoms with Crippen LogP contribution in [0.25, 0.3) is 0 Å². The van der Waals surface area contributed by atoms with Crippen molar-refractivity contribution in [3.63, 3.8) is 0 Å². The van der Waals surface area contributed by atoms with Crippen LogP contribution in [0.5, 0.6) is 0 Å². The van der Waals surface area contributed by atoms with Crippen LogP contribution in [0, 0.1) is 6.92 Å². The van der Waals surface area contributed by atoms with Crippen molar-refractivity contribution in [3.05, 3.63) is 57.7 Å². The smallest absolute Gasteiger partial charge is 0.245 e. The molecule has 0 unspecified atom stereocenters. The van der Waals surface area contributed by atoms with E-state index in [0.29, 0.717) is 21.6 Å². The van der Waals surface area contributed by atoms with Crippen LogP contribution in [0.4, 0.5) is 5.82 Å². The summed E-state index contributed by atoms with van der Waals surface area (Å²) in [5.41, 5.74) is 1.91. The van der Waals surface area contributed by atoms with E-state index < -0.39 is 0 Å². The van der Waals surface area contributed by atoms with E-state index in [1.807, 2.05) is 19.1 Å². The van der Waals surface area contributed by atoms with E-state index >= 15 is 0 Å². The number of aryl methyl sites for hydroxylation is 1. The molecule has 0 saturated heterocycles. The van der Waals surface area contributed by atoms with Crippen LogP contribution in [0.15, 0.2) is 36.5 Å². The summed E-state index contributed by atoms with van der Waals surface area (Å²) >= 11 is 13.4. The number of hydrogen-bond acceptors (Lipinski definition) is 4. The third kappa shape index (κ3) is 6.52. The molecule has 1 aromatic heterocycles. The molecule has 1 N–H and O–H groups in total. The topological polar surface area (TPSA) is 62.3 Å². The van der Waals surface area contributed by atoms with E-state index in [9.17, 15) is 9.59 Å². The van der Waals surface area contributed by atoms with Crippen LogP contribution >= 0.6 is 35.0 Å². The highest BCUT2D eigenvalue weighted by Crippen LogP contribution is 2.24. The lowest BCUT2D eigenvalue weighted by atomic mass is 10.2. The average Bonchev–Trinajstić information content (AvgIpc) is 2.56. The summed E-state index contributed by atoms with van der Waals surface area (Å²) in [5.74, 6) is 0.903. The standard InChI is InChI=1S/C18H19Cl2N3O2S/c1-12-5-6-21-16(7-12)22-17(24)9-23(2)18(25)11-26-10-13-3-4-14(19)8-15(13)20/h3-8H,9-11H2,1-2H3,(H,21,22,24). The van der Waals surface area contributed by atoms with Gasteiger partial charge < -0.3 is 10.2 Å². The number of aromatic nitrogens is 1. The number of rotatable bonds is 7. The second-order valence-corrected chi connectivity index (χ2v) is 7.57. The summed E-state index contributed by atoms with van der Waals surface area (Å²) in [7, 11) is 1.60. The van der Waals surface area contributed by atoms with Crippen molar-refractivity contribution in [3.8, 4) is 0 Å². The third-order valence-corrected chi connectivity index (χ3v) is 5.04. The van der Waals surface area contributed by atoms with Crippen molar-refractivity contribution in [2.24, 2.45) is 0 Å². The number of nitrogens with one attached hydrogen (secondary N) is 1. The summed E-state index contributed by atoms with van der Waals surface area (Å²) < 4.78 is 0. The minimum atomic E-state index is -0.287. The zero-order valence-electron chi connectivity index (χ0n) is 14.5. The van der Waals surface area contributed by atoms with E-state index in [4.69, 9.17) is 23.2 Å². The zero-order valence-corrected chi connectivity index (χ0v) is 16.8. The van der Waals surface area contributed by atoms with E-state index in [2.05, 4.69) is 10.3 Å². The van der Waals surface area contributed by atoms with Gasteiger partial charge in [0.2, 0.25) is 11.8 Å². The van der Waals surface area contributed by atoms with Crippen LogP contribution in [0.3, 0.4) is 0 Å². The Hall–Kier alpha value is -1.76. The number of likely N-dealkylation sites (N-methyl/N-ethyl adjacent to an activating group) is 1. The van der Waals surface area contributed by atoms with E-state index in [0.717, 1.165) is 11.1 Å². The molecule has 0 atom stereocenters. The van der Waals surface area contributed by atoms with Gasteiger partial charge in [0.25, 0.3) is 0 Å². The van der Waals surface area contributed by atoms with Gasteiger partial charge in [-0.3, -0.25) is 9.59 Å². The van der Waals surface area contributed by atoms with E-state index in [-0.39, 0.29) is 24.1 Å². The molecule has 1 heterocycles. The number of carbonyl (C=O) groups is 2. The number of nitrogens with zero attached hydrogens (tertiary/aromatic N) is 2. The monoisotopic (exact) mass is 411 g/mol. The van der Waals surface area contributed by atoms with Crippen LogP contribution in [0.1, 0.15) is 11.1 Å². The Balaban J connectivity index is 1.77. The van der Waals surface area contributed by atoms with Gasteiger partial charge in [0.15, 0.2) is 0 Å². The Kier molecular flexibility index (Phi) is 7.75. The number of pyridine rings is 1. The molecule has 0 radical (unpaired) electrons. The van der Waals surface area contributed by atoms with Crippen molar-refractivity contribution in [2.75, 3.05) is 24.7 Å². The van der Waals surface area contributed by atoms with Crippen molar-refractivity contribution in [1.82, 2.24) is 9.88 Å². The molecule has 8 heteroatoms. The zero-order chi connectivity index (χ0) is 19.1. The summed E-state index contributed by atoms with van der Waals surface area (Å²) in [4.78, 5) is 29.7. The molecule has 138 valence electrons. The fourth-order valence-corrected chi connectivity index (χ4v) is 3.61. The molecular formula is C18H19Cl2N3O2S. The fourth-order valence-electron chi connectivity index (χ4n) is 2.09. The Bertz CT molecular complexity index is 802. The minimum absolute atomic E-state index is 0.0310. The van der Waals surface area contributed by atoms with Crippen molar-refractivity contribution in [2.45, 2.75) is 12.7 Å². The lowest BCUT2D eigenvalue weighted by molar-refractivity contribution is -0.131. The molecule has 0 aliphatic carbocycles. The molecule has 0 saturated carbocycles. The maximum atomic E-state index is 12.2. The quantitative estimate of drug-likeness (QED) is 0.746. The van der Waals surface area contributed by atoms with Crippen LogP contribution < -0.4 is 5.32 Å². The minimum Gasteiger partial charge on any atom is -0.336 e. The van der Waals surface area contributed by atoms with Crippen LogP contribution in [0.2, 0.25) is 10.0 Å². The van der Waals surface area contributed by atoms with Gasteiger partial charge in [-0.25, -0.2) is 4.98 Å². The maximum Gasteiger partial charge on any atom is 0.245 e. The Morgan fingerprint density at radius 3 is 2.69 bits per heavy atom. The predicted molar refractivity (Wildman–Crippen MR) is 108 cm³/mol. The Labute approximate surface area is 167 Å². The molecule has 5 nitrogen and oxygen atoms in total. The first-order chi connectivity index (χ1) is 12.3. The van der Waals surface area contributed by atoms with Gasteiger partial charge in [-0.15, -0.1) is 11.8 Å². The molecule has 2 aromatic rings. The number of hydrogen-bond donors (Lipinski definition) is 1. The molecule has 1 aromatic carbocycles.